The second kappa shape index (κ2) is 23.6. The number of amides is 3. The zero-order valence-corrected chi connectivity index (χ0v) is 38.3. The molecule has 3 aromatic rings. The summed E-state index contributed by atoms with van der Waals surface area (Å²) in [6.45, 7) is 13.4. The summed E-state index contributed by atoms with van der Waals surface area (Å²) in [5.74, 6) is -2.22. The van der Waals surface area contributed by atoms with Gasteiger partial charge in [-0.3, -0.25) is 19.3 Å². The highest BCUT2D eigenvalue weighted by atomic mass is 32.1. The molecular formula is C46H61F3N6O9S. The number of nitrogens with one attached hydrogen (secondary N) is 2. The van der Waals surface area contributed by atoms with Gasteiger partial charge in [-0.15, -0.1) is 11.3 Å². The van der Waals surface area contributed by atoms with Crippen LogP contribution in [0.3, 0.4) is 0 Å². The maximum absolute atomic E-state index is 13.3. The van der Waals surface area contributed by atoms with Crippen LogP contribution >= 0.6 is 11.3 Å². The van der Waals surface area contributed by atoms with E-state index >= 15 is 0 Å². The molecule has 15 nitrogen and oxygen atoms in total. The number of morpholine rings is 1. The van der Waals surface area contributed by atoms with Crippen LogP contribution in [0.2, 0.25) is 0 Å². The highest BCUT2D eigenvalue weighted by molar-refractivity contribution is 7.09. The largest absolute Gasteiger partial charge is 0.492 e. The average Bonchev–Trinajstić information content (AvgIpc) is 3.79. The highest BCUT2D eigenvalue weighted by Crippen LogP contribution is 2.41. The predicted molar refractivity (Wildman–Crippen MR) is 238 cm³/mol. The van der Waals surface area contributed by atoms with Gasteiger partial charge in [0.25, 0.3) is 11.8 Å². The molecule has 1 spiro atoms. The van der Waals surface area contributed by atoms with Gasteiger partial charge in [-0.2, -0.15) is 13.2 Å². The number of rotatable bonds is 22. The van der Waals surface area contributed by atoms with E-state index in [9.17, 15) is 32.3 Å². The van der Waals surface area contributed by atoms with Crippen molar-refractivity contribution in [2.75, 3.05) is 97.3 Å². The fourth-order valence-electron chi connectivity index (χ4n) is 7.97. The molecule has 3 amide bonds. The molecule has 0 atom stereocenters. The first kappa shape index (κ1) is 49.6. The van der Waals surface area contributed by atoms with Crippen molar-refractivity contribution in [3.05, 3.63) is 63.6 Å². The van der Waals surface area contributed by atoms with E-state index in [1.165, 1.54) is 12.1 Å². The van der Waals surface area contributed by atoms with Gasteiger partial charge < -0.3 is 44.1 Å². The minimum absolute atomic E-state index is 0.00785. The molecule has 3 aliphatic heterocycles. The highest BCUT2D eigenvalue weighted by Gasteiger charge is 2.43. The Morgan fingerprint density at radius 1 is 1.00 bits per heavy atom. The van der Waals surface area contributed by atoms with E-state index in [1.807, 2.05) is 39.4 Å². The van der Waals surface area contributed by atoms with Gasteiger partial charge >= 0.3 is 12.1 Å². The van der Waals surface area contributed by atoms with E-state index in [1.54, 1.807) is 11.3 Å². The number of anilines is 1. The number of hydrogen-bond acceptors (Lipinski definition) is 13. The van der Waals surface area contributed by atoms with Crippen molar-refractivity contribution in [2.45, 2.75) is 83.4 Å². The van der Waals surface area contributed by atoms with Crippen LogP contribution < -0.4 is 24.8 Å². The van der Waals surface area contributed by atoms with Crippen molar-refractivity contribution in [1.82, 2.24) is 25.0 Å². The van der Waals surface area contributed by atoms with E-state index < -0.39 is 23.8 Å². The van der Waals surface area contributed by atoms with E-state index in [2.05, 4.69) is 46.0 Å². The smallest absolute Gasteiger partial charge is 0.491 e. The molecule has 2 saturated heterocycles. The van der Waals surface area contributed by atoms with Crippen LogP contribution in [-0.2, 0) is 36.7 Å². The van der Waals surface area contributed by atoms with Crippen molar-refractivity contribution >= 4 is 40.7 Å². The number of para-hydroxylation sites is 1. The van der Waals surface area contributed by atoms with Gasteiger partial charge in [0.15, 0.2) is 18.1 Å². The zero-order valence-electron chi connectivity index (χ0n) is 37.5. The summed E-state index contributed by atoms with van der Waals surface area (Å²) >= 11 is 1.54. The molecule has 2 N–H and O–H groups in total. The number of hydrogen-bond donors (Lipinski definition) is 2. The Labute approximate surface area is 382 Å². The van der Waals surface area contributed by atoms with Crippen molar-refractivity contribution < 1.29 is 56.0 Å². The number of aromatic nitrogens is 1. The van der Waals surface area contributed by atoms with Crippen molar-refractivity contribution in [1.29, 1.82) is 0 Å². The molecule has 0 radical (unpaired) electrons. The van der Waals surface area contributed by atoms with Crippen molar-refractivity contribution in [2.24, 2.45) is 0 Å². The molecule has 6 rings (SSSR count). The number of carbonyl (C=O) groups excluding carboxylic acids is 4. The lowest BCUT2D eigenvalue weighted by molar-refractivity contribution is -0.189. The molecule has 0 unspecified atom stereocenters. The summed E-state index contributed by atoms with van der Waals surface area (Å²) in [6, 6.07) is 10.6. The maximum atomic E-state index is 13.3. The number of likely N-dealkylation sites (tertiary alicyclic amines) is 1. The molecule has 19 heteroatoms. The molecule has 4 heterocycles. The van der Waals surface area contributed by atoms with E-state index in [4.69, 9.17) is 18.9 Å². The second-order valence-corrected chi connectivity index (χ2v) is 17.7. The lowest BCUT2D eigenvalue weighted by atomic mass is 9.89. The van der Waals surface area contributed by atoms with Crippen LogP contribution in [0.5, 0.6) is 17.2 Å². The minimum Gasteiger partial charge on any atom is -0.492 e. The number of nitrogens with zero attached hydrogens (tertiary/aromatic N) is 4. The van der Waals surface area contributed by atoms with E-state index in [0.717, 1.165) is 61.6 Å². The number of alkyl halides is 3. The molecule has 0 bridgehead atoms. The van der Waals surface area contributed by atoms with Crippen LogP contribution in [0.25, 0.3) is 0 Å². The van der Waals surface area contributed by atoms with E-state index in [-0.39, 0.29) is 48.5 Å². The topological polar surface area (TPSA) is 161 Å². The summed E-state index contributed by atoms with van der Waals surface area (Å²) in [5.41, 5.74) is 1.70. The Bertz CT molecular complexity index is 2080. The molecule has 0 aliphatic carbocycles. The van der Waals surface area contributed by atoms with Crippen molar-refractivity contribution in [3.63, 3.8) is 0 Å². The van der Waals surface area contributed by atoms with Gasteiger partial charge in [-0.1, -0.05) is 51.5 Å². The lowest BCUT2D eigenvalue weighted by Gasteiger charge is -2.47. The molecule has 3 aliphatic rings. The monoisotopic (exact) mass is 930 g/mol. The number of carbonyl (C=O) groups is 4. The Hall–Kier alpha value is -4.82. The first-order valence-corrected chi connectivity index (χ1v) is 23.4. The Morgan fingerprint density at radius 2 is 1.80 bits per heavy atom. The van der Waals surface area contributed by atoms with E-state index in [0.29, 0.717) is 89.1 Å². The first-order valence-electron chi connectivity index (χ1n) is 22.5. The van der Waals surface area contributed by atoms with Gasteiger partial charge in [0.05, 0.1) is 43.4 Å². The number of unbranched alkanes of at least 4 members (excludes halogenated alkanes) is 1. The Morgan fingerprint density at radius 3 is 2.55 bits per heavy atom. The summed E-state index contributed by atoms with van der Waals surface area (Å²) in [7, 11) is 0. The third-order valence-electron chi connectivity index (χ3n) is 11.7. The molecule has 2 fully saturated rings. The summed E-state index contributed by atoms with van der Waals surface area (Å²) in [6.07, 6.45) is -0.472. The number of fused-ring (bicyclic) bond motifs is 1. The predicted octanol–water partition coefficient (Wildman–Crippen LogP) is 5.86. The number of halogens is 3. The second-order valence-electron chi connectivity index (χ2n) is 16.8. The number of ether oxygens (including phenoxy) is 5. The SMILES string of the molecule is CCCCN(CCNCCc1ccc(OC(=O)C(F)(F)F)c2c1OCC(=O)N2)C(=O)CCOCCc1ccccc1OCCN1CCC2(CC1)CN(C(=O)c1csc(C(C)C)n1)CCO2. The number of piperidine rings is 1. The summed E-state index contributed by atoms with van der Waals surface area (Å²) < 4.78 is 67.0. The third-order valence-corrected chi connectivity index (χ3v) is 12.8. The molecule has 356 valence electrons. The van der Waals surface area contributed by atoms with Gasteiger partial charge in [0.2, 0.25) is 5.91 Å². The Balaban J connectivity index is 0.873. The first-order chi connectivity index (χ1) is 31.2. The lowest BCUT2D eigenvalue weighted by Crippen LogP contribution is -2.58. The Kier molecular flexibility index (Phi) is 18.0. The summed E-state index contributed by atoms with van der Waals surface area (Å²) in [5, 5.41) is 8.59. The standard InChI is InChI=1S/C46H61F3N6O9S/c1-4-5-19-54(22-18-50-17-12-34-10-11-37(64-44(59)46(47,48)49)40-41(34)62-29-38(56)52-40)39(57)14-26-60-25-13-33-8-6-7-9-36(33)61-27-23-53-20-15-45(16-21-53)31-55(24-28-63-45)43(58)35-30-65-42(51-35)32(2)3/h6-11,30,32,50H,4-5,12-29,31H2,1-3H3,(H,52,56). The third kappa shape index (κ3) is 14.1. The minimum atomic E-state index is -5.21. The van der Waals surface area contributed by atoms with Crippen LogP contribution in [0.15, 0.2) is 41.8 Å². The van der Waals surface area contributed by atoms with Gasteiger partial charge in [0, 0.05) is 57.1 Å². The van der Waals surface area contributed by atoms with Gasteiger partial charge in [-0.25, -0.2) is 9.78 Å². The maximum Gasteiger partial charge on any atom is 0.491 e. The normalized spacial score (nSPS) is 16.2. The average molecular weight is 931 g/mol. The van der Waals surface area contributed by atoms with Crippen LogP contribution in [-0.4, -0.2) is 147 Å². The zero-order chi connectivity index (χ0) is 46.4. The number of benzene rings is 2. The molecule has 0 saturated carbocycles. The molecule has 1 aromatic heterocycles. The number of thiazole rings is 1. The molecule has 2 aromatic carbocycles. The fraction of sp³-hybridized carbons (Fsp3) is 0.587. The van der Waals surface area contributed by atoms with Crippen LogP contribution in [0, 0.1) is 0 Å². The molecular weight excluding hydrogens is 870 g/mol. The fourth-order valence-corrected chi connectivity index (χ4v) is 8.78. The van der Waals surface area contributed by atoms with Gasteiger partial charge in [0.1, 0.15) is 23.7 Å². The van der Waals surface area contributed by atoms with Crippen molar-refractivity contribution in [3.8, 4) is 17.2 Å². The summed E-state index contributed by atoms with van der Waals surface area (Å²) in [4.78, 5) is 60.6. The van der Waals surface area contributed by atoms with Crippen LogP contribution in [0.4, 0.5) is 18.9 Å². The number of esters is 1. The molecule has 65 heavy (non-hydrogen) atoms. The quantitative estimate of drug-likeness (QED) is 0.0703. The van der Waals surface area contributed by atoms with Crippen LogP contribution in [0.1, 0.15) is 85.4 Å². The van der Waals surface area contributed by atoms with Gasteiger partial charge in [-0.05, 0) is 61.9 Å².